The van der Waals surface area contributed by atoms with Gasteiger partial charge in [-0.1, -0.05) is 17.7 Å². The van der Waals surface area contributed by atoms with E-state index in [9.17, 15) is 13.2 Å². The molecule has 0 spiro atoms. The van der Waals surface area contributed by atoms with Crippen molar-refractivity contribution in [2.45, 2.75) is 11.8 Å². The zero-order valence-corrected chi connectivity index (χ0v) is 15.1. The number of halogens is 1. The summed E-state index contributed by atoms with van der Waals surface area (Å²) in [5, 5.41) is 4.10. The average molecular weight is 378 g/mol. The van der Waals surface area contributed by atoms with Crippen molar-refractivity contribution in [3.8, 4) is 0 Å². The maximum absolute atomic E-state index is 12.4. The number of aryl methyl sites for hydroxylation is 1. The SMILES string of the molecule is CNS(=O)(=O)c1cc(NC(=O)c2cc3cc(Cl)ccc3[nH]2)ccc1C. The van der Waals surface area contributed by atoms with E-state index in [2.05, 4.69) is 15.0 Å². The van der Waals surface area contributed by atoms with Gasteiger partial charge in [-0.15, -0.1) is 0 Å². The Bertz CT molecular complexity index is 1070. The number of amides is 1. The number of aromatic nitrogens is 1. The molecule has 1 aromatic heterocycles. The molecule has 1 amide bonds. The number of aromatic amines is 1. The van der Waals surface area contributed by atoms with Crippen molar-refractivity contribution in [1.29, 1.82) is 0 Å². The zero-order chi connectivity index (χ0) is 18.2. The Morgan fingerprint density at radius 1 is 1.12 bits per heavy atom. The molecule has 8 heteroatoms. The predicted octanol–water partition coefficient (Wildman–Crippen LogP) is 3.29. The smallest absolute Gasteiger partial charge is 0.272 e. The number of benzene rings is 2. The van der Waals surface area contributed by atoms with Crippen molar-refractivity contribution < 1.29 is 13.2 Å². The minimum atomic E-state index is -3.60. The van der Waals surface area contributed by atoms with E-state index in [-0.39, 0.29) is 10.8 Å². The summed E-state index contributed by atoms with van der Waals surface area (Å²) in [6.45, 7) is 1.69. The summed E-state index contributed by atoms with van der Waals surface area (Å²) < 4.78 is 26.3. The van der Waals surface area contributed by atoms with E-state index in [0.717, 1.165) is 10.9 Å². The highest BCUT2D eigenvalue weighted by Crippen LogP contribution is 2.23. The molecule has 25 heavy (non-hydrogen) atoms. The van der Waals surface area contributed by atoms with Crippen LogP contribution in [0.1, 0.15) is 16.1 Å². The number of hydrogen-bond donors (Lipinski definition) is 3. The summed E-state index contributed by atoms with van der Waals surface area (Å²) in [6.07, 6.45) is 0. The summed E-state index contributed by atoms with van der Waals surface area (Å²) >= 11 is 5.95. The van der Waals surface area contributed by atoms with Crippen molar-refractivity contribution >= 4 is 44.1 Å². The van der Waals surface area contributed by atoms with Crippen LogP contribution >= 0.6 is 11.6 Å². The van der Waals surface area contributed by atoms with Gasteiger partial charge in [0.05, 0.1) is 4.90 Å². The lowest BCUT2D eigenvalue weighted by Gasteiger charge is -2.10. The van der Waals surface area contributed by atoms with Gasteiger partial charge in [-0.05, 0) is 55.9 Å². The lowest BCUT2D eigenvalue weighted by atomic mass is 10.2. The third kappa shape index (κ3) is 3.53. The standard InChI is InChI=1S/C17H16ClN3O3S/c1-10-3-5-13(9-16(10)25(23,24)19-2)20-17(22)15-8-11-7-12(18)4-6-14(11)21-15/h3-9,19,21H,1-2H3,(H,20,22). The summed E-state index contributed by atoms with van der Waals surface area (Å²) in [6, 6.07) is 11.7. The molecule has 0 aliphatic carbocycles. The van der Waals surface area contributed by atoms with Gasteiger partial charge in [0.2, 0.25) is 10.0 Å². The molecule has 0 unspecified atom stereocenters. The number of sulfonamides is 1. The fourth-order valence-corrected chi connectivity index (χ4v) is 3.68. The second-order valence-electron chi connectivity index (χ2n) is 5.56. The summed E-state index contributed by atoms with van der Waals surface area (Å²) in [5.74, 6) is -0.371. The zero-order valence-electron chi connectivity index (χ0n) is 13.6. The second-order valence-corrected chi connectivity index (χ2v) is 7.85. The Balaban J connectivity index is 1.91. The molecule has 0 atom stereocenters. The van der Waals surface area contributed by atoms with E-state index in [4.69, 9.17) is 11.6 Å². The molecule has 0 aliphatic heterocycles. The molecule has 2 aromatic carbocycles. The number of carbonyl (C=O) groups is 1. The third-order valence-electron chi connectivity index (χ3n) is 3.83. The van der Waals surface area contributed by atoms with Gasteiger partial charge in [0.1, 0.15) is 5.69 Å². The molecule has 0 bridgehead atoms. The lowest BCUT2D eigenvalue weighted by Crippen LogP contribution is -2.20. The van der Waals surface area contributed by atoms with E-state index < -0.39 is 10.0 Å². The fourth-order valence-electron chi connectivity index (χ4n) is 2.50. The van der Waals surface area contributed by atoms with Gasteiger partial charge in [0.15, 0.2) is 0 Å². The Morgan fingerprint density at radius 2 is 1.88 bits per heavy atom. The van der Waals surface area contributed by atoms with Gasteiger partial charge >= 0.3 is 0 Å². The number of nitrogens with one attached hydrogen (secondary N) is 3. The van der Waals surface area contributed by atoms with Crippen molar-refractivity contribution in [2.24, 2.45) is 0 Å². The van der Waals surface area contributed by atoms with Gasteiger partial charge in [0, 0.05) is 21.6 Å². The summed E-state index contributed by atoms with van der Waals surface area (Å²) in [5.41, 5.74) is 2.13. The second kappa shape index (κ2) is 6.51. The number of hydrogen-bond acceptors (Lipinski definition) is 3. The van der Waals surface area contributed by atoms with Crippen molar-refractivity contribution in [1.82, 2.24) is 9.71 Å². The normalized spacial score (nSPS) is 11.6. The lowest BCUT2D eigenvalue weighted by molar-refractivity contribution is 0.102. The van der Waals surface area contributed by atoms with Gasteiger partial charge in [-0.25, -0.2) is 13.1 Å². The molecule has 1 heterocycles. The minimum absolute atomic E-state index is 0.122. The third-order valence-corrected chi connectivity index (χ3v) is 5.62. The first kappa shape index (κ1) is 17.5. The van der Waals surface area contributed by atoms with Crippen molar-refractivity contribution in [3.05, 3.63) is 58.7 Å². The maximum Gasteiger partial charge on any atom is 0.272 e. The van der Waals surface area contributed by atoms with E-state index in [1.807, 2.05) is 0 Å². The average Bonchev–Trinajstić information content (AvgIpc) is 2.99. The van der Waals surface area contributed by atoms with E-state index in [0.29, 0.717) is 22.0 Å². The first-order chi connectivity index (χ1) is 11.8. The first-order valence-electron chi connectivity index (χ1n) is 7.44. The molecule has 0 radical (unpaired) electrons. The number of H-pyrrole nitrogens is 1. The van der Waals surface area contributed by atoms with Crippen molar-refractivity contribution in [3.63, 3.8) is 0 Å². The summed E-state index contributed by atoms with van der Waals surface area (Å²) in [7, 11) is -2.26. The maximum atomic E-state index is 12.4. The number of fused-ring (bicyclic) bond motifs is 1. The van der Waals surface area contributed by atoms with E-state index in [1.165, 1.54) is 13.1 Å². The van der Waals surface area contributed by atoms with E-state index in [1.54, 1.807) is 43.3 Å². The predicted molar refractivity (Wildman–Crippen MR) is 98.7 cm³/mol. The quantitative estimate of drug-likeness (QED) is 0.651. The Hall–Kier alpha value is -2.35. The highest BCUT2D eigenvalue weighted by Gasteiger charge is 2.16. The highest BCUT2D eigenvalue weighted by atomic mass is 35.5. The van der Waals surface area contributed by atoms with Crippen LogP contribution in [0.3, 0.4) is 0 Å². The van der Waals surface area contributed by atoms with Crippen LogP contribution in [0, 0.1) is 6.92 Å². The number of anilines is 1. The number of carbonyl (C=O) groups excluding carboxylic acids is 1. The molecular weight excluding hydrogens is 362 g/mol. The van der Waals surface area contributed by atoms with Crippen molar-refractivity contribution in [2.75, 3.05) is 12.4 Å². The molecule has 3 aromatic rings. The van der Waals surface area contributed by atoms with Crippen LogP contribution in [0.5, 0.6) is 0 Å². The Morgan fingerprint density at radius 3 is 2.60 bits per heavy atom. The van der Waals surface area contributed by atoms with Gasteiger partial charge in [-0.3, -0.25) is 4.79 Å². The minimum Gasteiger partial charge on any atom is -0.351 e. The Kier molecular flexibility index (Phi) is 4.55. The van der Waals surface area contributed by atoms with Gasteiger partial charge in [-0.2, -0.15) is 0 Å². The largest absolute Gasteiger partial charge is 0.351 e. The molecule has 0 fully saturated rings. The molecule has 0 saturated carbocycles. The molecule has 130 valence electrons. The van der Waals surface area contributed by atoms with E-state index >= 15 is 0 Å². The van der Waals surface area contributed by atoms with Crippen LogP contribution in [-0.4, -0.2) is 26.4 Å². The molecule has 3 N–H and O–H groups in total. The number of rotatable bonds is 4. The fraction of sp³-hybridized carbons (Fsp3) is 0.118. The van der Waals surface area contributed by atoms with Gasteiger partial charge < -0.3 is 10.3 Å². The van der Waals surface area contributed by atoms with Crippen LogP contribution in [0.25, 0.3) is 10.9 Å². The van der Waals surface area contributed by atoms with Crippen LogP contribution in [0.15, 0.2) is 47.4 Å². The molecule has 6 nitrogen and oxygen atoms in total. The molecule has 0 aliphatic rings. The topological polar surface area (TPSA) is 91.1 Å². The van der Waals surface area contributed by atoms with Crippen LogP contribution < -0.4 is 10.0 Å². The molecule has 3 rings (SSSR count). The van der Waals surface area contributed by atoms with Crippen LogP contribution in [-0.2, 0) is 10.0 Å². The summed E-state index contributed by atoms with van der Waals surface area (Å²) in [4.78, 5) is 15.6. The van der Waals surface area contributed by atoms with Crippen LogP contribution in [0.2, 0.25) is 5.02 Å². The first-order valence-corrected chi connectivity index (χ1v) is 9.30. The molecular formula is C17H16ClN3O3S. The monoisotopic (exact) mass is 377 g/mol. The molecule has 0 saturated heterocycles. The Labute approximate surface area is 150 Å². The van der Waals surface area contributed by atoms with Gasteiger partial charge in [0.25, 0.3) is 5.91 Å². The van der Waals surface area contributed by atoms with Crippen LogP contribution in [0.4, 0.5) is 5.69 Å². The highest BCUT2D eigenvalue weighted by molar-refractivity contribution is 7.89.